The summed E-state index contributed by atoms with van der Waals surface area (Å²) in [5.74, 6) is 0. The van der Waals surface area contributed by atoms with Crippen LogP contribution < -0.4 is 5.32 Å². The van der Waals surface area contributed by atoms with Gasteiger partial charge in [-0.2, -0.15) is 0 Å². The van der Waals surface area contributed by atoms with Crippen LogP contribution in [0.2, 0.25) is 0 Å². The van der Waals surface area contributed by atoms with Crippen LogP contribution in [0.4, 0.5) is 0 Å². The van der Waals surface area contributed by atoms with Crippen LogP contribution in [0.3, 0.4) is 0 Å². The lowest BCUT2D eigenvalue weighted by Crippen LogP contribution is -2.22. The molecule has 1 aromatic heterocycles. The molecule has 1 unspecified atom stereocenters. The minimum absolute atomic E-state index is 0.159. The molecule has 4 heteroatoms. The molecule has 0 radical (unpaired) electrons. The highest BCUT2D eigenvalue weighted by Gasteiger charge is 2.13. The molecule has 2 rings (SSSR count). The van der Waals surface area contributed by atoms with E-state index in [1.54, 1.807) is 18.1 Å². The van der Waals surface area contributed by atoms with Crippen LogP contribution in [0.25, 0.3) is 0 Å². The molecule has 0 aliphatic rings. The van der Waals surface area contributed by atoms with Gasteiger partial charge in [0.05, 0.1) is 6.04 Å². The van der Waals surface area contributed by atoms with E-state index in [9.17, 15) is 0 Å². The fraction of sp³-hybridized carbons (Fsp3) is 0.286. The van der Waals surface area contributed by atoms with Crippen molar-refractivity contribution >= 4 is 11.8 Å². The fourth-order valence-corrected chi connectivity index (χ4v) is 2.30. The summed E-state index contributed by atoms with van der Waals surface area (Å²) in [7, 11) is 0. The van der Waals surface area contributed by atoms with Crippen LogP contribution in [-0.2, 0) is 0 Å². The van der Waals surface area contributed by atoms with Crippen LogP contribution >= 0.6 is 11.8 Å². The second-order valence-corrected chi connectivity index (χ2v) is 4.82. The first kappa shape index (κ1) is 13.1. The Bertz CT molecular complexity index is 470. The molecule has 0 spiro atoms. The van der Waals surface area contributed by atoms with Crippen LogP contribution in [0.1, 0.15) is 24.1 Å². The van der Waals surface area contributed by atoms with Crippen LogP contribution in [-0.4, -0.2) is 22.8 Å². The fourth-order valence-electron chi connectivity index (χ4n) is 1.89. The van der Waals surface area contributed by atoms with Crippen molar-refractivity contribution in [3.8, 4) is 0 Å². The quantitative estimate of drug-likeness (QED) is 0.838. The molecule has 0 saturated heterocycles. The number of nitrogens with one attached hydrogen (secondary N) is 1. The van der Waals surface area contributed by atoms with Crippen molar-refractivity contribution in [3.63, 3.8) is 0 Å². The molecule has 1 heterocycles. The van der Waals surface area contributed by atoms with E-state index in [0.29, 0.717) is 0 Å². The molecule has 1 N–H and O–H groups in total. The summed E-state index contributed by atoms with van der Waals surface area (Å²) in [6, 6.07) is 8.77. The number of hydrogen-bond acceptors (Lipinski definition) is 4. The van der Waals surface area contributed by atoms with Gasteiger partial charge in [-0.25, -0.2) is 9.97 Å². The monoisotopic (exact) mass is 259 g/mol. The Kier molecular flexibility index (Phi) is 4.73. The van der Waals surface area contributed by atoms with Gasteiger partial charge in [-0.1, -0.05) is 19.1 Å². The standard InChI is InChI=1S/C14H17N3S/c1-3-17-14(12-8-15-10-16-9-12)11-4-6-13(18-2)7-5-11/h4-10,14,17H,3H2,1-2H3. The van der Waals surface area contributed by atoms with Gasteiger partial charge in [-0.05, 0) is 30.5 Å². The highest BCUT2D eigenvalue weighted by molar-refractivity contribution is 7.98. The number of hydrogen-bond donors (Lipinski definition) is 1. The predicted molar refractivity (Wildman–Crippen MR) is 75.8 cm³/mol. The third kappa shape index (κ3) is 3.09. The number of nitrogens with zero attached hydrogens (tertiary/aromatic N) is 2. The summed E-state index contributed by atoms with van der Waals surface area (Å²) >= 11 is 1.75. The summed E-state index contributed by atoms with van der Waals surface area (Å²) in [6.07, 6.45) is 7.37. The lowest BCUT2D eigenvalue weighted by Gasteiger charge is -2.18. The topological polar surface area (TPSA) is 37.8 Å². The Morgan fingerprint density at radius 2 is 1.78 bits per heavy atom. The largest absolute Gasteiger partial charge is 0.306 e. The van der Waals surface area contributed by atoms with E-state index in [2.05, 4.69) is 52.7 Å². The third-order valence-electron chi connectivity index (χ3n) is 2.77. The van der Waals surface area contributed by atoms with Gasteiger partial charge < -0.3 is 5.32 Å². The molecule has 1 atom stereocenters. The van der Waals surface area contributed by atoms with Crippen molar-refractivity contribution in [1.29, 1.82) is 0 Å². The summed E-state index contributed by atoms with van der Waals surface area (Å²) in [5.41, 5.74) is 2.33. The Balaban J connectivity index is 2.29. The van der Waals surface area contributed by atoms with E-state index in [1.807, 2.05) is 12.4 Å². The molecule has 94 valence electrons. The van der Waals surface area contributed by atoms with Crippen LogP contribution in [0.15, 0.2) is 47.9 Å². The average Bonchev–Trinajstić information content (AvgIpc) is 2.46. The Hall–Kier alpha value is -1.39. The highest BCUT2D eigenvalue weighted by atomic mass is 32.2. The first-order chi connectivity index (χ1) is 8.85. The summed E-state index contributed by atoms with van der Waals surface area (Å²) < 4.78 is 0. The summed E-state index contributed by atoms with van der Waals surface area (Å²) in [6.45, 7) is 3.01. The zero-order chi connectivity index (χ0) is 12.8. The molecule has 0 saturated carbocycles. The average molecular weight is 259 g/mol. The van der Waals surface area contributed by atoms with Gasteiger partial charge in [-0.15, -0.1) is 11.8 Å². The summed E-state index contributed by atoms with van der Waals surface area (Å²) in [5, 5.41) is 3.47. The van der Waals surface area contributed by atoms with Crippen molar-refractivity contribution in [1.82, 2.24) is 15.3 Å². The maximum atomic E-state index is 4.09. The predicted octanol–water partition coefficient (Wildman–Crippen LogP) is 2.90. The minimum atomic E-state index is 0.159. The lowest BCUT2D eigenvalue weighted by molar-refractivity contribution is 0.625. The number of thioether (sulfide) groups is 1. The molecule has 18 heavy (non-hydrogen) atoms. The van der Waals surface area contributed by atoms with Crippen LogP contribution in [0, 0.1) is 0 Å². The van der Waals surface area contributed by atoms with Gasteiger partial charge in [0.1, 0.15) is 6.33 Å². The maximum absolute atomic E-state index is 4.09. The van der Waals surface area contributed by atoms with Gasteiger partial charge in [0, 0.05) is 22.9 Å². The van der Waals surface area contributed by atoms with Crippen molar-refractivity contribution < 1.29 is 0 Å². The zero-order valence-electron chi connectivity index (χ0n) is 10.6. The minimum Gasteiger partial charge on any atom is -0.306 e. The maximum Gasteiger partial charge on any atom is 0.115 e. The van der Waals surface area contributed by atoms with Gasteiger partial charge >= 0.3 is 0 Å². The van der Waals surface area contributed by atoms with Crippen LogP contribution in [0.5, 0.6) is 0 Å². The van der Waals surface area contributed by atoms with Crippen molar-refractivity contribution in [3.05, 3.63) is 54.1 Å². The SMILES string of the molecule is CCNC(c1ccc(SC)cc1)c1cncnc1. The van der Waals surface area contributed by atoms with E-state index < -0.39 is 0 Å². The van der Waals surface area contributed by atoms with Gasteiger partial charge in [0.25, 0.3) is 0 Å². The Morgan fingerprint density at radius 3 is 2.33 bits per heavy atom. The smallest absolute Gasteiger partial charge is 0.115 e. The number of aromatic nitrogens is 2. The van der Waals surface area contributed by atoms with E-state index in [1.165, 1.54) is 10.5 Å². The summed E-state index contributed by atoms with van der Waals surface area (Å²) in [4.78, 5) is 9.46. The molecule has 2 aromatic rings. The first-order valence-corrected chi connectivity index (χ1v) is 7.20. The molecule has 0 amide bonds. The van der Waals surface area contributed by atoms with Gasteiger partial charge in [0.15, 0.2) is 0 Å². The number of benzene rings is 1. The molecule has 3 nitrogen and oxygen atoms in total. The lowest BCUT2D eigenvalue weighted by atomic mass is 10.0. The molecule has 0 fully saturated rings. The van der Waals surface area contributed by atoms with Gasteiger partial charge in [-0.3, -0.25) is 0 Å². The van der Waals surface area contributed by atoms with E-state index in [0.717, 1.165) is 12.1 Å². The number of rotatable bonds is 5. The molecule has 0 aliphatic heterocycles. The van der Waals surface area contributed by atoms with Crippen molar-refractivity contribution in [2.45, 2.75) is 17.9 Å². The van der Waals surface area contributed by atoms with Crippen molar-refractivity contribution in [2.75, 3.05) is 12.8 Å². The molecule has 0 aliphatic carbocycles. The van der Waals surface area contributed by atoms with Crippen molar-refractivity contribution in [2.24, 2.45) is 0 Å². The van der Waals surface area contributed by atoms with E-state index in [-0.39, 0.29) is 6.04 Å². The third-order valence-corrected chi connectivity index (χ3v) is 3.51. The second kappa shape index (κ2) is 6.52. The van der Waals surface area contributed by atoms with E-state index >= 15 is 0 Å². The van der Waals surface area contributed by atoms with E-state index in [4.69, 9.17) is 0 Å². The van der Waals surface area contributed by atoms with Gasteiger partial charge in [0.2, 0.25) is 0 Å². The molecular formula is C14H17N3S. The Labute approximate surface area is 112 Å². The zero-order valence-corrected chi connectivity index (χ0v) is 11.4. The first-order valence-electron chi connectivity index (χ1n) is 5.97. The highest BCUT2D eigenvalue weighted by Crippen LogP contribution is 2.23. The molecule has 1 aromatic carbocycles. The molecular weight excluding hydrogens is 242 g/mol. The molecule has 0 bridgehead atoms. The normalized spacial score (nSPS) is 12.3. The second-order valence-electron chi connectivity index (χ2n) is 3.94. The Morgan fingerprint density at radius 1 is 1.11 bits per heavy atom.